The Hall–Kier alpha value is -1.42. The van der Waals surface area contributed by atoms with Crippen LogP contribution < -0.4 is 0 Å². The number of halogens is 1. The van der Waals surface area contributed by atoms with Crippen molar-refractivity contribution in [2.75, 3.05) is 13.1 Å². The van der Waals surface area contributed by atoms with Crippen molar-refractivity contribution >= 4 is 5.91 Å². The number of carbonyl (C=O) groups is 1. The maximum atomic E-state index is 13.2. The molecule has 1 N–H and O–H groups in total. The zero-order valence-electron chi connectivity index (χ0n) is 13.1. The van der Waals surface area contributed by atoms with Crippen LogP contribution in [0.25, 0.3) is 0 Å². The first-order valence-electron chi connectivity index (χ1n) is 8.23. The summed E-state index contributed by atoms with van der Waals surface area (Å²) in [6.07, 6.45) is 4.77. The third kappa shape index (κ3) is 2.54. The summed E-state index contributed by atoms with van der Waals surface area (Å²) in [4.78, 5) is 14.2. The van der Waals surface area contributed by atoms with Crippen LogP contribution in [0.5, 0.6) is 0 Å². The summed E-state index contributed by atoms with van der Waals surface area (Å²) in [6.45, 7) is 3.45. The minimum absolute atomic E-state index is 0.0252. The Labute approximate surface area is 131 Å². The number of carbonyl (C=O) groups excluding carboxylic acids is 1. The van der Waals surface area contributed by atoms with E-state index in [1.807, 2.05) is 11.8 Å². The summed E-state index contributed by atoms with van der Waals surface area (Å²) in [6, 6.07) is 6.24. The van der Waals surface area contributed by atoms with Crippen LogP contribution in [0.1, 0.15) is 44.6 Å². The van der Waals surface area contributed by atoms with Gasteiger partial charge in [-0.3, -0.25) is 4.79 Å². The standard InChI is InChI=1S/C18H24FNO2/c1-2-18(22)7-6-17(18)8-10-20(11-9-17)16(21)13-14-4-3-5-15(19)12-14/h3-5,12,22H,2,6-11,13H2,1H3. The highest BCUT2D eigenvalue weighted by Gasteiger charge is 2.57. The van der Waals surface area contributed by atoms with E-state index in [-0.39, 0.29) is 23.6 Å². The summed E-state index contributed by atoms with van der Waals surface area (Å²) in [5.74, 6) is -0.245. The zero-order chi connectivity index (χ0) is 15.8. The molecule has 1 aromatic rings. The molecular formula is C18H24FNO2. The van der Waals surface area contributed by atoms with Gasteiger partial charge in [0.25, 0.3) is 0 Å². The van der Waals surface area contributed by atoms with Crippen LogP contribution >= 0.6 is 0 Å². The van der Waals surface area contributed by atoms with Crippen LogP contribution in [0.2, 0.25) is 0 Å². The summed E-state index contributed by atoms with van der Waals surface area (Å²) < 4.78 is 13.2. The fourth-order valence-corrected chi connectivity index (χ4v) is 4.15. The van der Waals surface area contributed by atoms with E-state index in [2.05, 4.69) is 0 Å². The lowest BCUT2D eigenvalue weighted by Gasteiger charge is -2.59. The van der Waals surface area contributed by atoms with E-state index in [4.69, 9.17) is 0 Å². The van der Waals surface area contributed by atoms with Gasteiger partial charge < -0.3 is 10.0 Å². The Kier molecular flexibility index (Phi) is 3.98. The highest BCUT2D eigenvalue weighted by Crippen LogP contribution is 2.57. The second kappa shape index (κ2) is 5.65. The van der Waals surface area contributed by atoms with Crippen molar-refractivity contribution in [1.29, 1.82) is 0 Å². The molecule has 0 aromatic heterocycles. The quantitative estimate of drug-likeness (QED) is 0.933. The molecule has 3 rings (SSSR count). The van der Waals surface area contributed by atoms with Gasteiger partial charge in [-0.25, -0.2) is 4.39 Å². The van der Waals surface area contributed by atoms with Crippen LogP contribution in [-0.2, 0) is 11.2 Å². The number of rotatable bonds is 3. The van der Waals surface area contributed by atoms with Gasteiger partial charge >= 0.3 is 0 Å². The Morgan fingerprint density at radius 1 is 1.27 bits per heavy atom. The van der Waals surface area contributed by atoms with Crippen LogP contribution in [0.15, 0.2) is 24.3 Å². The smallest absolute Gasteiger partial charge is 0.226 e. The van der Waals surface area contributed by atoms with Crippen LogP contribution in [0, 0.1) is 11.2 Å². The highest BCUT2D eigenvalue weighted by atomic mass is 19.1. The molecule has 1 aromatic carbocycles. The molecule has 2 fully saturated rings. The first-order chi connectivity index (χ1) is 10.5. The average Bonchev–Trinajstić information content (AvgIpc) is 2.53. The maximum absolute atomic E-state index is 13.2. The first-order valence-corrected chi connectivity index (χ1v) is 8.23. The van der Waals surface area contributed by atoms with Crippen molar-refractivity contribution in [2.24, 2.45) is 5.41 Å². The van der Waals surface area contributed by atoms with Gasteiger partial charge in [0.1, 0.15) is 5.82 Å². The van der Waals surface area contributed by atoms with Gasteiger partial charge in [-0.2, -0.15) is 0 Å². The SMILES string of the molecule is CCC1(O)CCC12CCN(C(=O)Cc1cccc(F)c1)CC2. The lowest BCUT2D eigenvalue weighted by Crippen LogP contribution is -2.61. The minimum atomic E-state index is -0.523. The van der Waals surface area contributed by atoms with E-state index >= 15 is 0 Å². The van der Waals surface area contributed by atoms with Crippen molar-refractivity contribution in [3.05, 3.63) is 35.6 Å². The highest BCUT2D eigenvalue weighted by molar-refractivity contribution is 5.78. The molecule has 1 atom stereocenters. The third-order valence-electron chi connectivity index (χ3n) is 5.91. The summed E-state index contributed by atoms with van der Waals surface area (Å²) in [5.41, 5.74) is 0.223. The monoisotopic (exact) mass is 305 g/mol. The molecule has 3 nitrogen and oxygen atoms in total. The van der Waals surface area contributed by atoms with Gasteiger partial charge in [-0.1, -0.05) is 19.1 Å². The molecule has 1 amide bonds. The minimum Gasteiger partial charge on any atom is -0.389 e. The fraction of sp³-hybridized carbons (Fsp3) is 0.611. The second-order valence-electron chi connectivity index (χ2n) is 6.85. The van der Waals surface area contributed by atoms with Crippen molar-refractivity contribution in [1.82, 2.24) is 4.90 Å². The van der Waals surface area contributed by atoms with Gasteiger partial charge in [-0.15, -0.1) is 0 Å². The van der Waals surface area contributed by atoms with Gasteiger partial charge in [-0.05, 0) is 49.8 Å². The number of hydrogen-bond acceptors (Lipinski definition) is 2. The molecule has 1 aliphatic heterocycles. The molecule has 120 valence electrons. The lowest BCUT2D eigenvalue weighted by atomic mass is 9.51. The molecule has 22 heavy (non-hydrogen) atoms. The van der Waals surface area contributed by atoms with E-state index in [0.29, 0.717) is 13.1 Å². The Morgan fingerprint density at radius 2 is 2.00 bits per heavy atom. The van der Waals surface area contributed by atoms with Gasteiger partial charge in [0.15, 0.2) is 0 Å². The molecule has 1 saturated heterocycles. The second-order valence-corrected chi connectivity index (χ2v) is 6.85. The Bertz CT molecular complexity index is 562. The summed E-state index contributed by atoms with van der Waals surface area (Å²) in [7, 11) is 0. The molecular weight excluding hydrogens is 281 g/mol. The number of amides is 1. The van der Waals surface area contributed by atoms with Crippen molar-refractivity contribution < 1.29 is 14.3 Å². The molecule has 2 aliphatic rings. The number of hydrogen-bond donors (Lipinski definition) is 1. The molecule has 1 unspecified atom stereocenters. The zero-order valence-corrected chi connectivity index (χ0v) is 13.1. The number of likely N-dealkylation sites (tertiary alicyclic amines) is 1. The normalized spacial score (nSPS) is 26.8. The number of piperidine rings is 1. The molecule has 1 aliphatic carbocycles. The third-order valence-corrected chi connectivity index (χ3v) is 5.91. The van der Waals surface area contributed by atoms with E-state index < -0.39 is 5.60 Å². The van der Waals surface area contributed by atoms with Crippen LogP contribution in [0.3, 0.4) is 0 Å². The number of aliphatic hydroxyl groups is 1. The lowest BCUT2D eigenvalue weighted by molar-refractivity contribution is -0.192. The molecule has 1 heterocycles. The topological polar surface area (TPSA) is 40.5 Å². The van der Waals surface area contributed by atoms with Crippen LogP contribution in [-0.4, -0.2) is 34.6 Å². The fourth-order valence-electron chi connectivity index (χ4n) is 4.15. The molecule has 1 spiro atoms. The average molecular weight is 305 g/mol. The number of nitrogens with zero attached hydrogens (tertiary/aromatic N) is 1. The van der Waals surface area contributed by atoms with E-state index in [1.54, 1.807) is 12.1 Å². The Morgan fingerprint density at radius 3 is 2.55 bits per heavy atom. The number of benzene rings is 1. The summed E-state index contributed by atoms with van der Waals surface area (Å²) in [5, 5.41) is 10.6. The predicted octanol–water partition coefficient (Wildman–Crippen LogP) is 2.91. The first kappa shape index (κ1) is 15.5. The van der Waals surface area contributed by atoms with E-state index in [0.717, 1.165) is 37.7 Å². The molecule has 0 bridgehead atoms. The molecule has 4 heteroatoms. The van der Waals surface area contributed by atoms with E-state index in [1.165, 1.54) is 12.1 Å². The Balaban J connectivity index is 1.59. The molecule has 0 radical (unpaired) electrons. The molecule has 1 saturated carbocycles. The van der Waals surface area contributed by atoms with Gasteiger partial charge in [0.2, 0.25) is 5.91 Å². The van der Waals surface area contributed by atoms with Crippen LogP contribution in [0.4, 0.5) is 4.39 Å². The van der Waals surface area contributed by atoms with Crippen molar-refractivity contribution in [2.45, 2.75) is 51.0 Å². The summed E-state index contributed by atoms with van der Waals surface area (Å²) >= 11 is 0. The van der Waals surface area contributed by atoms with Crippen molar-refractivity contribution in [3.8, 4) is 0 Å². The van der Waals surface area contributed by atoms with Gasteiger partial charge in [0, 0.05) is 18.5 Å². The van der Waals surface area contributed by atoms with Gasteiger partial charge in [0.05, 0.1) is 12.0 Å². The maximum Gasteiger partial charge on any atom is 0.226 e. The largest absolute Gasteiger partial charge is 0.389 e. The predicted molar refractivity (Wildman–Crippen MR) is 82.8 cm³/mol. The van der Waals surface area contributed by atoms with E-state index in [9.17, 15) is 14.3 Å². The van der Waals surface area contributed by atoms with Crippen molar-refractivity contribution in [3.63, 3.8) is 0 Å².